The van der Waals surface area contributed by atoms with Crippen LogP contribution in [0.4, 0.5) is 0 Å². The Balaban J connectivity index is 2.01. The smallest absolute Gasteiger partial charge is 0.251 e. The van der Waals surface area contributed by atoms with Gasteiger partial charge in [-0.15, -0.1) is 0 Å². The van der Waals surface area contributed by atoms with Gasteiger partial charge in [-0.25, -0.2) is 13.1 Å². The van der Waals surface area contributed by atoms with Gasteiger partial charge in [0.25, 0.3) is 5.91 Å². The fourth-order valence-corrected chi connectivity index (χ4v) is 3.41. The molecule has 0 aliphatic heterocycles. The van der Waals surface area contributed by atoms with Gasteiger partial charge in [0, 0.05) is 17.7 Å². The van der Waals surface area contributed by atoms with Gasteiger partial charge >= 0.3 is 0 Å². The molecule has 0 spiro atoms. The minimum Gasteiger partial charge on any atom is -0.343 e. The Hall–Kier alpha value is -2.84. The van der Waals surface area contributed by atoms with Crippen LogP contribution in [0, 0.1) is 0 Å². The predicted octanol–water partition coefficient (Wildman–Crippen LogP) is 2.08. The number of amides is 1. The molecule has 0 bridgehead atoms. The summed E-state index contributed by atoms with van der Waals surface area (Å²) in [6, 6.07) is 11.6. The van der Waals surface area contributed by atoms with Crippen LogP contribution in [-0.2, 0) is 21.4 Å². The fourth-order valence-electron chi connectivity index (χ4n) is 2.39. The van der Waals surface area contributed by atoms with E-state index in [4.69, 9.17) is 0 Å². The van der Waals surface area contributed by atoms with E-state index in [1.165, 1.54) is 31.2 Å². The Morgan fingerprint density at radius 1 is 1.00 bits per heavy atom. The zero-order valence-electron chi connectivity index (χ0n) is 15.6. The molecule has 0 saturated carbocycles. The molecule has 2 rings (SSSR count). The van der Waals surface area contributed by atoms with Gasteiger partial charge in [-0.05, 0) is 43.2 Å². The standard InChI is InChI=1S/C20H22N2O5S/c1-3-18(13-23)22-20(25)17-6-4-15(5-7-17)12-21-28(26,27)19-10-8-16(9-11-19)14(2)24/h4-11,13,18,21H,3,12H2,1-2H3,(H,22,25). The maximum Gasteiger partial charge on any atom is 0.251 e. The Morgan fingerprint density at radius 3 is 2.07 bits per heavy atom. The average molecular weight is 402 g/mol. The molecule has 2 aromatic carbocycles. The summed E-state index contributed by atoms with van der Waals surface area (Å²) in [7, 11) is -3.73. The SMILES string of the molecule is CCC(C=O)NC(=O)c1ccc(CNS(=O)(=O)c2ccc(C(C)=O)cc2)cc1. The van der Waals surface area contributed by atoms with Crippen LogP contribution in [0.25, 0.3) is 0 Å². The number of benzene rings is 2. The maximum absolute atomic E-state index is 12.4. The molecule has 28 heavy (non-hydrogen) atoms. The summed E-state index contributed by atoms with van der Waals surface area (Å²) in [5.41, 5.74) is 1.49. The second-order valence-electron chi connectivity index (χ2n) is 6.23. The molecule has 0 saturated heterocycles. The second-order valence-corrected chi connectivity index (χ2v) is 7.99. The van der Waals surface area contributed by atoms with Crippen molar-refractivity contribution in [2.45, 2.75) is 37.8 Å². The average Bonchev–Trinajstić information content (AvgIpc) is 2.70. The minimum atomic E-state index is -3.73. The first-order chi connectivity index (χ1) is 13.3. The zero-order chi connectivity index (χ0) is 20.7. The molecule has 0 aliphatic carbocycles. The normalized spacial score (nSPS) is 12.2. The van der Waals surface area contributed by atoms with E-state index >= 15 is 0 Å². The summed E-state index contributed by atoms with van der Waals surface area (Å²) in [5.74, 6) is -0.504. The van der Waals surface area contributed by atoms with E-state index in [1.54, 1.807) is 31.2 Å². The van der Waals surface area contributed by atoms with Gasteiger partial charge < -0.3 is 10.1 Å². The number of hydrogen-bond donors (Lipinski definition) is 2. The van der Waals surface area contributed by atoms with Crippen LogP contribution in [0.3, 0.4) is 0 Å². The van der Waals surface area contributed by atoms with Crippen LogP contribution in [-0.4, -0.2) is 32.4 Å². The van der Waals surface area contributed by atoms with Crippen molar-refractivity contribution in [3.63, 3.8) is 0 Å². The molecule has 0 aromatic heterocycles. The molecule has 0 heterocycles. The summed E-state index contributed by atoms with van der Waals surface area (Å²) in [5, 5.41) is 2.60. The Bertz CT molecular complexity index is 951. The molecule has 2 aromatic rings. The molecule has 0 aliphatic rings. The molecule has 0 fully saturated rings. The van der Waals surface area contributed by atoms with Gasteiger partial charge in [0.15, 0.2) is 5.78 Å². The molecule has 1 atom stereocenters. The molecule has 8 heteroatoms. The molecule has 148 valence electrons. The van der Waals surface area contributed by atoms with Crippen LogP contribution in [0.1, 0.15) is 46.5 Å². The van der Waals surface area contributed by atoms with Crippen LogP contribution < -0.4 is 10.0 Å². The van der Waals surface area contributed by atoms with Crippen molar-refractivity contribution in [3.8, 4) is 0 Å². The summed E-state index contributed by atoms with van der Waals surface area (Å²) in [6.45, 7) is 3.25. The number of carbonyl (C=O) groups is 3. The number of Topliss-reactive ketones (excluding diaryl/α,β-unsaturated/α-hetero) is 1. The van der Waals surface area contributed by atoms with Crippen LogP contribution >= 0.6 is 0 Å². The lowest BCUT2D eigenvalue weighted by Crippen LogP contribution is -2.35. The van der Waals surface area contributed by atoms with E-state index in [0.717, 1.165) is 0 Å². The Labute approximate surface area is 164 Å². The third-order valence-corrected chi connectivity index (χ3v) is 5.59. The zero-order valence-corrected chi connectivity index (χ0v) is 16.5. The number of aldehydes is 1. The number of hydrogen-bond acceptors (Lipinski definition) is 5. The van der Waals surface area contributed by atoms with Crippen molar-refractivity contribution in [2.75, 3.05) is 0 Å². The van der Waals surface area contributed by atoms with Crippen LogP contribution in [0.5, 0.6) is 0 Å². The molecule has 0 radical (unpaired) electrons. The minimum absolute atomic E-state index is 0.0462. The highest BCUT2D eigenvalue weighted by molar-refractivity contribution is 7.89. The van der Waals surface area contributed by atoms with Gasteiger partial charge in [-0.3, -0.25) is 9.59 Å². The number of ketones is 1. The van der Waals surface area contributed by atoms with E-state index < -0.39 is 16.1 Å². The van der Waals surface area contributed by atoms with E-state index in [9.17, 15) is 22.8 Å². The fraction of sp³-hybridized carbons (Fsp3) is 0.250. The summed E-state index contributed by atoms with van der Waals surface area (Å²) >= 11 is 0. The van der Waals surface area contributed by atoms with Crippen molar-refractivity contribution in [2.24, 2.45) is 0 Å². The summed E-state index contributed by atoms with van der Waals surface area (Å²) < 4.78 is 27.2. The topological polar surface area (TPSA) is 109 Å². The molecular weight excluding hydrogens is 380 g/mol. The lowest BCUT2D eigenvalue weighted by atomic mass is 10.1. The lowest BCUT2D eigenvalue weighted by Gasteiger charge is -2.11. The van der Waals surface area contributed by atoms with Crippen molar-refractivity contribution in [1.29, 1.82) is 0 Å². The van der Waals surface area contributed by atoms with E-state index in [2.05, 4.69) is 10.0 Å². The van der Waals surface area contributed by atoms with E-state index in [1.807, 2.05) is 0 Å². The van der Waals surface area contributed by atoms with E-state index in [-0.39, 0.29) is 23.1 Å². The van der Waals surface area contributed by atoms with Gasteiger partial charge in [0.1, 0.15) is 6.29 Å². The first-order valence-electron chi connectivity index (χ1n) is 8.72. The van der Waals surface area contributed by atoms with Gasteiger partial charge in [-0.2, -0.15) is 0 Å². The number of rotatable bonds is 9. The third kappa shape index (κ3) is 5.58. The molecule has 1 unspecified atom stereocenters. The van der Waals surface area contributed by atoms with Gasteiger partial charge in [0.2, 0.25) is 10.0 Å². The Morgan fingerprint density at radius 2 is 1.57 bits per heavy atom. The number of carbonyl (C=O) groups excluding carboxylic acids is 3. The van der Waals surface area contributed by atoms with E-state index in [0.29, 0.717) is 29.4 Å². The molecular formula is C20H22N2O5S. The van der Waals surface area contributed by atoms with Crippen molar-refractivity contribution in [3.05, 3.63) is 65.2 Å². The van der Waals surface area contributed by atoms with Crippen molar-refractivity contribution >= 4 is 28.0 Å². The van der Waals surface area contributed by atoms with Gasteiger partial charge in [-0.1, -0.05) is 31.2 Å². The first-order valence-corrected chi connectivity index (χ1v) is 10.2. The predicted molar refractivity (Wildman–Crippen MR) is 105 cm³/mol. The second kappa shape index (κ2) is 9.38. The monoisotopic (exact) mass is 402 g/mol. The number of nitrogens with one attached hydrogen (secondary N) is 2. The van der Waals surface area contributed by atoms with Crippen molar-refractivity contribution < 1.29 is 22.8 Å². The summed E-state index contributed by atoms with van der Waals surface area (Å²) in [4.78, 5) is 34.2. The molecule has 1 amide bonds. The molecule has 2 N–H and O–H groups in total. The largest absolute Gasteiger partial charge is 0.343 e. The summed E-state index contributed by atoms with van der Waals surface area (Å²) in [6.07, 6.45) is 1.19. The lowest BCUT2D eigenvalue weighted by molar-refractivity contribution is -0.109. The van der Waals surface area contributed by atoms with Crippen LogP contribution in [0.15, 0.2) is 53.4 Å². The third-order valence-electron chi connectivity index (χ3n) is 4.17. The highest BCUT2D eigenvalue weighted by Crippen LogP contribution is 2.12. The first kappa shape index (κ1) is 21.5. The molecule has 7 nitrogen and oxygen atoms in total. The number of sulfonamides is 1. The quantitative estimate of drug-likeness (QED) is 0.493. The maximum atomic E-state index is 12.4. The Kier molecular flexibility index (Phi) is 7.19. The van der Waals surface area contributed by atoms with Crippen LogP contribution in [0.2, 0.25) is 0 Å². The highest BCUT2D eigenvalue weighted by Gasteiger charge is 2.15. The van der Waals surface area contributed by atoms with Gasteiger partial charge in [0.05, 0.1) is 10.9 Å². The van der Waals surface area contributed by atoms with Crippen molar-refractivity contribution in [1.82, 2.24) is 10.0 Å². The highest BCUT2D eigenvalue weighted by atomic mass is 32.2.